The molecule has 64 valence electrons. The molecule has 12 heavy (non-hydrogen) atoms. The quantitative estimate of drug-likeness (QED) is 0.656. The fourth-order valence-electron chi connectivity index (χ4n) is 1.67. The van der Waals surface area contributed by atoms with Crippen molar-refractivity contribution in [3.8, 4) is 0 Å². The summed E-state index contributed by atoms with van der Waals surface area (Å²) < 4.78 is 0. The Morgan fingerprint density at radius 2 is 1.92 bits per heavy atom. The standard InChI is InChI=1S/C10H13NO/c12-10-7-6-9(11-10)8-4-2-1-3-5-8/h1-5,9-12H,6-7H2/t9-,10?/m1/s1. The predicted octanol–water partition coefficient (Wildman–Crippen LogP) is 1.43. The molecule has 0 aromatic heterocycles. The van der Waals surface area contributed by atoms with Gasteiger partial charge in [0.2, 0.25) is 0 Å². The molecule has 1 aliphatic heterocycles. The Kier molecular flexibility index (Phi) is 2.11. The second-order valence-corrected chi connectivity index (χ2v) is 3.22. The maximum Gasteiger partial charge on any atom is 0.105 e. The van der Waals surface area contributed by atoms with Crippen LogP contribution in [0.5, 0.6) is 0 Å². The van der Waals surface area contributed by atoms with E-state index in [0.717, 1.165) is 12.8 Å². The minimum absolute atomic E-state index is 0.310. The van der Waals surface area contributed by atoms with E-state index in [1.807, 2.05) is 18.2 Å². The molecular formula is C10H13NO. The van der Waals surface area contributed by atoms with Crippen LogP contribution in [0.1, 0.15) is 24.4 Å². The number of hydrogen-bond donors (Lipinski definition) is 2. The molecule has 1 aromatic carbocycles. The normalized spacial score (nSPS) is 29.1. The van der Waals surface area contributed by atoms with E-state index in [9.17, 15) is 5.11 Å². The van der Waals surface area contributed by atoms with Crippen LogP contribution in [0.3, 0.4) is 0 Å². The Morgan fingerprint density at radius 3 is 2.50 bits per heavy atom. The van der Waals surface area contributed by atoms with Gasteiger partial charge < -0.3 is 5.11 Å². The minimum Gasteiger partial charge on any atom is -0.379 e. The van der Waals surface area contributed by atoms with Crippen LogP contribution in [0, 0.1) is 0 Å². The molecule has 1 aromatic rings. The summed E-state index contributed by atoms with van der Waals surface area (Å²) in [6, 6.07) is 10.6. The third-order valence-corrected chi connectivity index (χ3v) is 2.32. The first-order valence-electron chi connectivity index (χ1n) is 4.35. The molecule has 1 heterocycles. The molecule has 2 rings (SSSR count). The fraction of sp³-hybridized carbons (Fsp3) is 0.400. The molecule has 1 fully saturated rings. The number of hydrogen-bond acceptors (Lipinski definition) is 2. The summed E-state index contributed by atoms with van der Waals surface area (Å²) in [5, 5.41) is 12.4. The highest BCUT2D eigenvalue weighted by Crippen LogP contribution is 2.24. The number of aliphatic hydroxyl groups is 1. The van der Waals surface area contributed by atoms with Gasteiger partial charge in [0.05, 0.1) is 0 Å². The summed E-state index contributed by atoms with van der Waals surface area (Å²) >= 11 is 0. The van der Waals surface area contributed by atoms with Crippen molar-refractivity contribution in [1.82, 2.24) is 5.32 Å². The Hall–Kier alpha value is -0.860. The van der Waals surface area contributed by atoms with Gasteiger partial charge in [-0.1, -0.05) is 30.3 Å². The second kappa shape index (κ2) is 3.25. The summed E-state index contributed by atoms with van der Waals surface area (Å²) in [5.74, 6) is 0. The van der Waals surface area contributed by atoms with Crippen LogP contribution in [-0.2, 0) is 0 Å². The van der Waals surface area contributed by atoms with Crippen molar-refractivity contribution < 1.29 is 5.11 Å². The molecule has 2 atom stereocenters. The zero-order valence-corrected chi connectivity index (χ0v) is 6.90. The van der Waals surface area contributed by atoms with E-state index in [-0.39, 0.29) is 6.23 Å². The van der Waals surface area contributed by atoms with Crippen molar-refractivity contribution in [3.05, 3.63) is 35.9 Å². The van der Waals surface area contributed by atoms with Gasteiger partial charge in [0.1, 0.15) is 6.23 Å². The zero-order chi connectivity index (χ0) is 8.39. The number of aliphatic hydroxyl groups excluding tert-OH is 1. The lowest BCUT2D eigenvalue weighted by Gasteiger charge is -2.10. The average Bonchev–Trinajstić information content (AvgIpc) is 2.54. The first-order valence-corrected chi connectivity index (χ1v) is 4.35. The van der Waals surface area contributed by atoms with Gasteiger partial charge in [-0.25, -0.2) is 0 Å². The van der Waals surface area contributed by atoms with E-state index in [0.29, 0.717) is 6.04 Å². The third kappa shape index (κ3) is 1.49. The van der Waals surface area contributed by atoms with Crippen LogP contribution in [0.4, 0.5) is 0 Å². The van der Waals surface area contributed by atoms with Gasteiger partial charge in [0.25, 0.3) is 0 Å². The van der Waals surface area contributed by atoms with Gasteiger partial charge in [-0.05, 0) is 18.4 Å². The predicted molar refractivity (Wildman–Crippen MR) is 47.6 cm³/mol. The molecule has 0 amide bonds. The van der Waals surface area contributed by atoms with Crippen molar-refractivity contribution in [3.63, 3.8) is 0 Å². The van der Waals surface area contributed by atoms with E-state index in [4.69, 9.17) is 0 Å². The van der Waals surface area contributed by atoms with Gasteiger partial charge in [-0.3, -0.25) is 5.32 Å². The highest BCUT2D eigenvalue weighted by atomic mass is 16.3. The van der Waals surface area contributed by atoms with E-state index in [2.05, 4.69) is 17.4 Å². The molecule has 0 bridgehead atoms. The molecule has 0 spiro atoms. The summed E-state index contributed by atoms with van der Waals surface area (Å²) in [7, 11) is 0. The van der Waals surface area contributed by atoms with Crippen molar-refractivity contribution in [2.45, 2.75) is 25.1 Å². The molecule has 0 radical (unpaired) electrons. The Labute approximate surface area is 72.2 Å². The van der Waals surface area contributed by atoms with E-state index < -0.39 is 0 Å². The molecule has 1 aliphatic rings. The van der Waals surface area contributed by atoms with Crippen molar-refractivity contribution in [1.29, 1.82) is 0 Å². The maximum absolute atomic E-state index is 9.25. The zero-order valence-electron chi connectivity index (χ0n) is 6.90. The maximum atomic E-state index is 9.25. The Bertz CT molecular complexity index is 247. The monoisotopic (exact) mass is 163 g/mol. The lowest BCUT2D eigenvalue weighted by molar-refractivity contribution is 0.154. The first kappa shape index (κ1) is 7.77. The third-order valence-electron chi connectivity index (χ3n) is 2.32. The van der Waals surface area contributed by atoms with Gasteiger partial charge in [0, 0.05) is 6.04 Å². The molecule has 2 nitrogen and oxygen atoms in total. The Morgan fingerprint density at radius 1 is 1.17 bits per heavy atom. The van der Waals surface area contributed by atoms with Crippen molar-refractivity contribution in [2.24, 2.45) is 0 Å². The number of benzene rings is 1. The molecule has 0 saturated carbocycles. The minimum atomic E-state index is -0.310. The average molecular weight is 163 g/mol. The van der Waals surface area contributed by atoms with Crippen LogP contribution in [0.15, 0.2) is 30.3 Å². The summed E-state index contributed by atoms with van der Waals surface area (Å²) in [6.07, 6.45) is 1.58. The van der Waals surface area contributed by atoms with Gasteiger partial charge in [0.15, 0.2) is 0 Å². The topological polar surface area (TPSA) is 32.3 Å². The van der Waals surface area contributed by atoms with E-state index in [1.165, 1.54) is 5.56 Å². The molecule has 1 unspecified atom stereocenters. The fourth-order valence-corrected chi connectivity index (χ4v) is 1.67. The van der Waals surface area contributed by atoms with Crippen LogP contribution in [0.25, 0.3) is 0 Å². The molecule has 1 saturated heterocycles. The number of nitrogens with one attached hydrogen (secondary N) is 1. The van der Waals surface area contributed by atoms with E-state index >= 15 is 0 Å². The van der Waals surface area contributed by atoms with Crippen LogP contribution >= 0.6 is 0 Å². The highest BCUT2D eigenvalue weighted by Gasteiger charge is 2.22. The first-order chi connectivity index (χ1) is 5.86. The van der Waals surface area contributed by atoms with E-state index in [1.54, 1.807) is 0 Å². The van der Waals surface area contributed by atoms with Gasteiger partial charge >= 0.3 is 0 Å². The van der Waals surface area contributed by atoms with Crippen LogP contribution in [0.2, 0.25) is 0 Å². The number of rotatable bonds is 1. The SMILES string of the molecule is OC1CC[C@H](c2ccccc2)N1. The smallest absolute Gasteiger partial charge is 0.105 e. The van der Waals surface area contributed by atoms with Gasteiger partial charge in [-0.15, -0.1) is 0 Å². The highest BCUT2D eigenvalue weighted by molar-refractivity contribution is 5.19. The lowest BCUT2D eigenvalue weighted by Crippen LogP contribution is -2.23. The van der Waals surface area contributed by atoms with Crippen molar-refractivity contribution in [2.75, 3.05) is 0 Å². The second-order valence-electron chi connectivity index (χ2n) is 3.22. The van der Waals surface area contributed by atoms with Gasteiger partial charge in [-0.2, -0.15) is 0 Å². The molecular weight excluding hydrogens is 150 g/mol. The summed E-state index contributed by atoms with van der Waals surface area (Å²) in [6.45, 7) is 0. The summed E-state index contributed by atoms with van der Waals surface area (Å²) in [5.41, 5.74) is 1.27. The molecule has 2 N–H and O–H groups in total. The largest absolute Gasteiger partial charge is 0.379 e. The summed E-state index contributed by atoms with van der Waals surface area (Å²) in [4.78, 5) is 0. The van der Waals surface area contributed by atoms with Crippen LogP contribution in [-0.4, -0.2) is 11.3 Å². The lowest BCUT2D eigenvalue weighted by atomic mass is 10.1. The molecule has 2 heteroatoms. The molecule has 0 aliphatic carbocycles. The Balaban J connectivity index is 2.11. The van der Waals surface area contributed by atoms with Crippen molar-refractivity contribution >= 4 is 0 Å². The van der Waals surface area contributed by atoms with Crippen LogP contribution < -0.4 is 5.32 Å².